The summed E-state index contributed by atoms with van der Waals surface area (Å²) in [6.45, 7) is 7.29. The van der Waals surface area contributed by atoms with Gasteiger partial charge in [-0.2, -0.15) is 4.31 Å². The monoisotopic (exact) mass is 485 g/mol. The summed E-state index contributed by atoms with van der Waals surface area (Å²) in [5.41, 5.74) is 0.183. The van der Waals surface area contributed by atoms with Crippen molar-refractivity contribution in [3.8, 4) is 0 Å². The number of rotatable bonds is 6. The predicted molar refractivity (Wildman–Crippen MR) is 135 cm³/mol. The molecule has 1 aromatic carbocycles. The van der Waals surface area contributed by atoms with Gasteiger partial charge in [0.25, 0.3) is 5.91 Å². The van der Waals surface area contributed by atoms with E-state index in [9.17, 15) is 18.0 Å². The zero-order valence-electron chi connectivity index (χ0n) is 20.0. The zero-order valence-corrected chi connectivity index (χ0v) is 20.8. The maximum Gasteiger partial charge on any atom is 0.256 e. The molecule has 0 unspecified atom stereocenters. The van der Waals surface area contributed by atoms with Crippen molar-refractivity contribution in [2.75, 3.05) is 13.1 Å². The first-order valence-electron chi connectivity index (χ1n) is 12.4. The number of fused-ring (bicyclic) bond motifs is 1. The fraction of sp³-hybridized carbons (Fsp3) is 0.538. The molecule has 1 N–H and O–H groups in total. The molecule has 1 amide bonds. The maximum atomic E-state index is 13.5. The summed E-state index contributed by atoms with van der Waals surface area (Å²) in [6.07, 6.45) is 11.2. The minimum Gasteiger partial charge on any atom is -0.349 e. The molecule has 1 saturated carbocycles. The van der Waals surface area contributed by atoms with Gasteiger partial charge in [-0.05, 0) is 49.8 Å². The first kappa shape index (κ1) is 24.7. The van der Waals surface area contributed by atoms with Crippen LogP contribution in [-0.2, 0) is 16.6 Å². The number of carbonyl (C=O) groups is 1. The van der Waals surface area contributed by atoms with Crippen LogP contribution < -0.4 is 10.7 Å². The molecule has 1 saturated heterocycles. The van der Waals surface area contributed by atoms with Crippen molar-refractivity contribution in [1.82, 2.24) is 14.2 Å². The Kier molecular flexibility index (Phi) is 7.57. The van der Waals surface area contributed by atoms with E-state index in [1.165, 1.54) is 10.4 Å². The molecule has 0 bridgehead atoms. The van der Waals surface area contributed by atoms with Gasteiger partial charge >= 0.3 is 0 Å². The number of amides is 1. The summed E-state index contributed by atoms with van der Waals surface area (Å²) >= 11 is 0. The van der Waals surface area contributed by atoms with Crippen LogP contribution in [0, 0.1) is 5.92 Å². The Morgan fingerprint density at radius 3 is 2.50 bits per heavy atom. The molecule has 34 heavy (non-hydrogen) atoms. The molecule has 2 atom stereocenters. The number of hydrogen-bond acceptors (Lipinski definition) is 4. The van der Waals surface area contributed by atoms with Gasteiger partial charge in [-0.3, -0.25) is 9.59 Å². The molecule has 2 heterocycles. The van der Waals surface area contributed by atoms with Gasteiger partial charge in [0, 0.05) is 37.3 Å². The first-order chi connectivity index (χ1) is 16.3. The van der Waals surface area contributed by atoms with Gasteiger partial charge < -0.3 is 9.88 Å². The van der Waals surface area contributed by atoms with Gasteiger partial charge in [-0.1, -0.05) is 38.7 Å². The van der Waals surface area contributed by atoms with E-state index < -0.39 is 21.4 Å². The largest absolute Gasteiger partial charge is 0.349 e. The molecule has 0 radical (unpaired) electrons. The third-order valence-corrected chi connectivity index (χ3v) is 9.15. The number of hydrogen-bond donors (Lipinski definition) is 1. The van der Waals surface area contributed by atoms with Gasteiger partial charge in [0.2, 0.25) is 15.5 Å². The number of sulfonamides is 1. The van der Waals surface area contributed by atoms with E-state index in [0.717, 1.165) is 51.4 Å². The normalized spacial score (nSPS) is 22.3. The summed E-state index contributed by atoms with van der Waals surface area (Å²) in [5.74, 6) is -0.0387. The van der Waals surface area contributed by atoms with E-state index in [2.05, 4.69) is 18.8 Å². The highest BCUT2D eigenvalue weighted by Gasteiger charge is 2.28. The first-order valence-corrected chi connectivity index (χ1v) is 13.9. The average Bonchev–Trinajstić information content (AvgIpc) is 3.12. The van der Waals surface area contributed by atoms with E-state index in [-0.39, 0.29) is 21.9 Å². The lowest BCUT2D eigenvalue weighted by Gasteiger charge is -2.29. The van der Waals surface area contributed by atoms with Crippen molar-refractivity contribution in [3.05, 3.63) is 52.8 Å². The van der Waals surface area contributed by atoms with E-state index in [1.807, 2.05) is 0 Å². The van der Waals surface area contributed by atoms with Crippen LogP contribution in [0.5, 0.6) is 0 Å². The Labute approximate surface area is 201 Å². The smallest absolute Gasteiger partial charge is 0.256 e. The second-order valence-corrected chi connectivity index (χ2v) is 11.6. The SMILES string of the molecule is C=CCn1cc(C(=O)N[C@H]2CCCC[C@@H]2C)c(=O)c2cc(S(=O)(=O)N3CCCCCC3)ccc21. The fourth-order valence-corrected chi connectivity index (χ4v) is 6.74. The van der Waals surface area contributed by atoms with Crippen LogP contribution in [0.1, 0.15) is 68.6 Å². The minimum absolute atomic E-state index is 0.0384. The van der Waals surface area contributed by atoms with Crippen LogP contribution in [-0.4, -0.2) is 42.3 Å². The Hall–Kier alpha value is -2.45. The van der Waals surface area contributed by atoms with Crippen LogP contribution in [0.3, 0.4) is 0 Å². The Morgan fingerprint density at radius 2 is 1.82 bits per heavy atom. The average molecular weight is 486 g/mol. The van der Waals surface area contributed by atoms with E-state index in [0.29, 0.717) is 31.1 Å². The molecule has 8 heteroatoms. The highest BCUT2D eigenvalue weighted by Crippen LogP contribution is 2.25. The summed E-state index contributed by atoms with van der Waals surface area (Å²) in [5, 5.41) is 3.30. The molecule has 0 spiro atoms. The van der Waals surface area contributed by atoms with Crippen molar-refractivity contribution in [2.45, 2.75) is 75.8 Å². The number of aromatic nitrogens is 1. The number of benzene rings is 1. The van der Waals surface area contributed by atoms with Gasteiger partial charge in [-0.15, -0.1) is 6.58 Å². The van der Waals surface area contributed by atoms with Gasteiger partial charge in [0.15, 0.2) is 0 Å². The van der Waals surface area contributed by atoms with Crippen molar-refractivity contribution in [3.63, 3.8) is 0 Å². The molecular formula is C26H35N3O4S. The molecule has 2 aromatic rings. The molecule has 4 rings (SSSR count). The Balaban J connectivity index is 1.76. The van der Waals surface area contributed by atoms with Gasteiger partial charge in [0.05, 0.1) is 10.4 Å². The molecule has 184 valence electrons. The van der Waals surface area contributed by atoms with Gasteiger partial charge in [0.1, 0.15) is 5.56 Å². The van der Waals surface area contributed by atoms with Crippen LogP contribution in [0.25, 0.3) is 10.9 Å². The molecule has 7 nitrogen and oxygen atoms in total. The summed E-state index contributed by atoms with van der Waals surface area (Å²) in [6, 6.07) is 4.71. The topological polar surface area (TPSA) is 88.5 Å². The minimum atomic E-state index is -3.72. The second-order valence-electron chi connectivity index (χ2n) is 9.65. The molecular weight excluding hydrogens is 450 g/mol. The second kappa shape index (κ2) is 10.4. The van der Waals surface area contributed by atoms with Crippen molar-refractivity contribution >= 4 is 26.8 Å². The lowest BCUT2D eigenvalue weighted by atomic mass is 9.86. The van der Waals surface area contributed by atoms with Crippen LogP contribution >= 0.6 is 0 Å². The van der Waals surface area contributed by atoms with Crippen molar-refractivity contribution in [2.24, 2.45) is 5.92 Å². The van der Waals surface area contributed by atoms with Gasteiger partial charge in [-0.25, -0.2) is 8.42 Å². The third kappa shape index (κ3) is 4.98. The standard InChI is InChI=1S/C26H35N3O4S/c1-3-14-28-18-22(26(31)27-23-11-7-6-10-19(23)2)25(30)21-17-20(12-13-24(21)28)34(32,33)29-15-8-4-5-9-16-29/h3,12-13,17-19,23H,1,4-11,14-16H2,2H3,(H,27,31)/t19-,23-/m0/s1. The summed E-state index contributed by atoms with van der Waals surface area (Å²) < 4.78 is 30.0. The van der Waals surface area contributed by atoms with Crippen LogP contribution in [0.4, 0.5) is 0 Å². The third-order valence-electron chi connectivity index (χ3n) is 7.25. The van der Waals surface area contributed by atoms with E-state index in [4.69, 9.17) is 0 Å². The lowest BCUT2D eigenvalue weighted by molar-refractivity contribution is 0.0908. The number of pyridine rings is 1. The maximum absolute atomic E-state index is 13.5. The lowest BCUT2D eigenvalue weighted by Crippen LogP contribution is -2.42. The summed E-state index contributed by atoms with van der Waals surface area (Å²) in [7, 11) is -3.72. The molecule has 2 fully saturated rings. The Bertz CT molecular complexity index is 1230. The predicted octanol–water partition coefficient (Wildman–Crippen LogP) is 4.06. The van der Waals surface area contributed by atoms with Crippen molar-refractivity contribution in [1.29, 1.82) is 0 Å². The molecule has 1 aliphatic heterocycles. The van der Waals surface area contributed by atoms with Crippen molar-refractivity contribution < 1.29 is 13.2 Å². The molecule has 1 aliphatic carbocycles. The quantitative estimate of drug-likeness (QED) is 0.625. The van der Waals surface area contributed by atoms with Crippen LogP contribution in [0.2, 0.25) is 0 Å². The van der Waals surface area contributed by atoms with E-state index >= 15 is 0 Å². The Morgan fingerprint density at radius 1 is 1.12 bits per heavy atom. The number of nitrogens with zero attached hydrogens (tertiary/aromatic N) is 2. The number of allylic oxidation sites excluding steroid dienone is 1. The number of nitrogens with one attached hydrogen (secondary N) is 1. The highest BCUT2D eigenvalue weighted by molar-refractivity contribution is 7.89. The zero-order chi connectivity index (χ0) is 24.3. The van der Waals surface area contributed by atoms with Crippen LogP contribution in [0.15, 0.2) is 46.7 Å². The highest BCUT2D eigenvalue weighted by atomic mass is 32.2. The number of carbonyl (C=O) groups excluding carboxylic acids is 1. The molecule has 2 aliphatic rings. The van der Waals surface area contributed by atoms with E-state index in [1.54, 1.807) is 29.0 Å². The summed E-state index contributed by atoms with van der Waals surface area (Å²) in [4.78, 5) is 26.7. The fourth-order valence-electron chi connectivity index (χ4n) is 5.20. The molecule has 1 aromatic heterocycles.